The van der Waals surface area contributed by atoms with Gasteiger partial charge in [-0.1, -0.05) is 6.07 Å². The third-order valence-corrected chi connectivity index (χ3v) is 6.53. The fraction of sp³-hybridized carbons (Fsp3) is 0.391. The smallest absolute Gasteiger partial charge is 0.159 e. The van der Waals surface area contributed by atoms with Crippen LogP contribution in [-0.4, -0.2) is 36.6 Å². The molecule has 0 amide bonds. The number of ether oxygens (including phenoxy) is 1. The molecule has 0 saturated carbocycles. The fourth-order valence-electron chi connectivity index (χ4n) is 4.95. The van der Waals surface area contributed by atoms with Gasteiger partial charge in [0.1, 0.15) is 5.75 Å². The van der Waals surface area contributed by atoms with Gasteiger partial charge in [0.2, 0.25) is 0 Å². The van der Waals surface area contributed by atoms with Crippen molar-refractivity contribution < 1.29 is 13.5 Å². The molecule has 1 saturated heterocycles. The molecule has 2 aromatic carbocycles. The summed E-state index contributed by atoms with van der Waals surface area (Å²) in [5.41, 5.74) is 4.62. The number of H-pyrrole nitrogens is 1. The average Bonchev–Trinajstić information content (AvgIpc) is 3.12. The molecule has 0 atom stereocenters. The number of rotatable bonds is 3. The summed E-state index contributed by atoms with van der Waals surface area (Å²) in [4.78, 5) is 6.00. The second kappa shape index (κ2) is 7.11. The largest absolute Gasteiger partial charge is 0.497 e. The molecular formula is C23H25F2N3O. The molecule has 1 fully saturated rings. The number of nitrogens with one attached hydrogen (secondary N) is 2. The molecule has 2 N–H and O–H groups in total. The van der Waals surface area contributed by atoms with E-state index in [0.717, 1.165) is 55.7 Å². The lowest BCUT2D eigenvalue weighted by molar-refractivity contribution is 0.121. The van der Waals surface area contributed by atoms with Gasteiger partial charge in [0.25, 0.3) is 0 Å². The van der Waals surface area contributed by atoms with E-state index in [1.165, 1.54) is 28.8 Å². The standard InChI is InChI=1S/C23H25F2N3O/c1-29-16-3-5-21-18(13-16)17-6-9-26-23(22(17)27-21)7-10-28(11-8-23)14-15-2-4-19(24)20(25)12-15/h2-5,12-13,26-27H,6-11,14H2,1H3. The topological polar surface area (TPSA) is 40.3 Å². The molecule has 6 heteroatoms. The molecule has 0 bridgehead atoms. The Balaban J connectivity index is 1.38. The van der Waals surface area contributed by atoms with Crippen LogP contribution in [0.1, 0.15) is 29.7 Å². The summed E-state index contributed by atoms with van der Waals surface area (Å²) in [7, 11) is 1.70. The van der Waals surface area contributed by atoms with E-state index in [9.17, 15) is 8.78 Å². The highest BCUT2D eigenvalue weighted by atomic mass is 19.2. The van der Waals surface area contributed by atoms with Crippen LogP contribution < -0.4 is 10.1 Å². The van der Waals surface area contributed by atoms with Crippen molar-refractivity contribution in [2.45, 2.75) is 31.3 Å². The van der Waals surface area contributed by atoms with Crippen LogP contribution in [0.25, 0.3) is 10.9 Å². The van der Waals surface area contributed by atoms with E-state index in [0.29, 0.717) is 6.54 Å². The maximum Gasteiger partial charge on any atom is 0.159 e. The highest BCUT2D eigenvalue weighted by Gasteiger charge is 2.41. The third kappa shape index (κ3) is 3.20. The molecule has 4 nitrogen and oxygen atoms in total. The van der Waals surface area contributed by atoms with Crippen molar-refractivity contribution in [3.05, 3.63) is 64.9 Å². The van der Waals surface area contributed by atoms with Crippen LogP contribution in [0.5, 0.6) is 5.75 Å². The van der Waals surface area contributed by atoms with Crippen LogP contribution in [-0.2, 0) is 18.5 Å². The van der Waals surface area contributed by atoms with Crippen molar-refractivity contribution in [2.75, 3.05) is 26.7 Å². The van der Waals surface area contributed by atoms with Crippen molar-refractivity contribution >= 4 is 10.9 Å². The van der Waals surface area contributed by atoms with Crippen molar-refractivity contribution in [1.29, 1.82) is 0 Å². The third-order valence-electron chi connectivity index (χ3n) is 6.53. The van der Waals surface area contributed by atoms with Crippen LogP contribution in [0, 0.1) is 11.6 Å². The predicted molar refractivity (Wildman–Crippen MR) is 109 cm³/mol. The van der Waals surface area contributed by atoms with Gasteiger partial charge in [-0.2, -0.15) is 0 Å². The van der Waals surface area contributed by atoms with Crippen molar-refractivity contribution in [2.24, 2.45) is 0 Å². The lowest BCUT2D eigenvalue weighted by Gasteiger charge is -2.45. The Hall–Kier alpha value is -2.44. The maximum atomic E-state index is 13.5. The first-order valence-electron chi connectivity index (χ1n) is 10.2. The number of piperidine rings is 1. The normalized spacial score (nSPS) is 18.9. The number of aromatic amines is 1. The summed E-state index contributed by atoms with van der Waals surface area (Å²) in [6.45, 7) is 3.42. The second-order valence-corrected chi connectivity index (χ2v) is 8.17. The van der Waals surface area contributed by atoms with E-state index in [2.05, 4.69) is 27.3 Å². The molecule has 1 spiro atoms. The van der Waals surface area contributed by atoms with Crippen LogP contribution >= 0.6 is 0 Å². The number of aromatic nitrogens is 1. The SMILES string of the molecule is COc1ccc2[nH]c3c(c2c1)CCNC31CCN(Cc2ccc(F)c(F)c2)CC1. The van der Waals surface area contributed by atoms with Crippen molar-refractivity contribution in [3.63, 3.8) is 0 Å². The summed E-state index contributed by atoms with van der Waals surface area (Å²) in [6.07, 6.45) is 2.96. The molecule has 3 aromatic rings. The Kier molecular flexibility index (Phi) is 4.56. The maximum absolute atomic E-state index is 13.5. The molecule has 1 aromatic heterocycles. The zero-order chi connectivity index (χ0) is 20.0. The Morgan fingerprint density at radius 1 is 1.07 bits per heavy atom. The summed E-state index contributed by atoms with van der Waals surface area (Å²) in [5.74, 6) is -0.683. The van der Waals surface area contributed by atoms with Gasteiger partial charge in [0.05, 0.1) is 12.6 Å². The minimum absolute atomic E-state index is 0.0512. The van der Waals surface area contributed by atoms with Crippen LogP contribution in [0.4, 0.5) is 8.78 Å². The van der Waals surface area contributed by atoms with Gasteiger partial charge in [-0.05, 0) is 60.7 Å². The number of benzene rings is 2. The second-order valence-electron chi connectivity index (χ2n) is 8.17. The van der Waals surface area contributed by atoms with Gasteiger partial charge in [-0.15, -0.1) is 0 Å². The van der Waals surface area contributed by atoms with Crippen LogP contribution in [0.3, 0.4) is 0 Å². The number of hydrogen-bond acceptors (Lipinski definition) is 3. The number of likely N-dealkylation sites (tertiary alicyclic amines) is 1. The first-order chi connectivity index (χ1) is 14.1. The monoisotopic (exact) mass is 397 g/mol. The van der Waals surface area contributed by atoms with Gasteiger partial charge in [0, 0.05) is 42.8 Å². The molecule has 29 heavy (non-hydrogen) atoms. The Morgan fingerprint density at radius 2 is 1.90 bits per heavy atom. The number of methoxy groups -OCH3 is 1. The van der Waals surface area contributed by atoms with E-state index in [4.69, 9.17) is 4.74 Å². The molecule has 0 radical (unpaired) electrons. The lowest BCUT2D eigenvalue weighted by Crippen LogP contribution is -2.54. The Bertz CT molecular complexity index is 1050. The number of halogens is 2. The first-order valence-corrected chi connectivity index (χ1v) is 10.2. The predicted octanol–water partition coefficient (Wildman–Crippen LogP) is 4.09. The van der Waals surface area contributed by atoms with Crippen LogP contribution in [0.15, 0.2) is 36.4 Å². The lowest BCUT2D eigenvalue weighted by atomic mass is 9.79. The van der Waals surface area contributed by atoms with Crippen LogP contribution in [0.2, 0.25) is 0 Å². The minimum Gasteiger partial charge on any atom is -0.497 e. The van der Waals surface area contributed by atoms with Gasteiger partial charge in [0.15, 0.2) is 11.6 Å². The summed E-state index contributed by atoms with van der Waals surface area (Å²) in [6, 6.07) is 10.4. The van der Waals surface area contributed by atoms with E-state index in [1.807, 2.05) is 6.07 Å². The molecular weight excluding hydrogens is 372 g/mol. The number of fused-ring (bicyclic) bond motifs is 4. The van der Waals surface area contributed by atoms with E-state index >= 15 is 0 Å². The van der Waals surface area contributed by atoms with Crippen molar-refractivity contribution in [3.8, 4) is 5.75 Å². The van der Waals surface area contributed by atoms with E-state index in [1.54, 1.807) is 13.2 Å². The zero-order valence-electron chi connectivity index (χ0n) is 16.5. The van der Waals surface area contributed by atoms with Gasteiger partial charge in [-0.3, -0.25) is 4.90 Å². The Morgan fingerprint density at radius 3 is 2.66 bits per heavy atom. The minimum atomic E-state index is -0.791. The molecule has 0 aliphatic carbocycles. The summed E-state index contributed by atoms with van der Waals surface area (Å²) in [5, 5.41) is 5.04. The molecule has 2 aliphatic heterocycles. The highest BCUT2D eigenvalue weighted by molar-refractivity contribution is 5.86. The average molecular weight is 397 g/mol. The van der Waals surface area contributed by atoms with Gasteiger partial charge < -0.3 is 15.0 Å². The van der Waals surface area contributed by atoms with Crippen molar-refractivity contribution in [1.82, 2.24) is 15.2 Å². The van der Waals surface area contributed by atoms with Gasteiger partial charge >= 0.3 is 0 Å². The van der Waals surface area contributed by atoms with Gasteiger partial charge in [-0.25, -0.2) is 8.78 Å². The molecule has 5 rings (SSSR count). The molecule has 0 unspecified atom stereocenters. The fourth-order valence-corrected chi connectivity index (χ4v) is 4.95. The molecule has 152 valence electrons. The van der Waals surface area contributed by atoms with E-state index in [-0.39, 0.29) is 5.54 Å². The summed E-state index contributed by atoms with van der Waals surface area (Å²) < 4.78 is 32.1. The van der Waals surface area contributed by atoms with E-state index < -0.39 is 11.6 Å². The quantitative estimate of drug-likeness (QED) is 0.699. The number of hydrogen-bond donors (Lipinski definition) is 2. The highest BCUT2D eigenvalue weighted by Crippen LogP contribution is 2.41. The zero-order valence-corrected chi connectivity index (χ0v) is 16.5. The summed E-state index contributed by atoms with van der Waals surface area (Å²) >= 11 is 0. The number of nitrogens with zero attached hydrogens (tertiary/aromatic N) is 1. The molecule has 2 aliphatic rings. The first kappa shape index (κ1) is 18.6. The Labute approximate surface area is 168 Å². The molecule has 3 heterocycles.